The summed E-state index contributed by atoms with van der Waals surface area (Å²) in [6, 6.07) is 10.7. The molecular weight excluding hydrogens is 384 g/mol. The van der Waals surface area contributed by atoms with E-state index in [1.54, 1.807) is 35.3 Å². The van der Waals surface area contributed by atoms with Gasteiger partial charge in [0.25, 0.3) is 5.91 Å². The van der Waals surface area contributed by atoms with Gasteiger partial charge in [0.15, 0.2) is 11.9 Å². The quantitative estimate of drug-likeness (QED) is 0.409. The molecule has 0 aliphatic rings. The number of nitriles is 1. The second-order valence-corrected chi connectivity index (χ2v) is 7.34. The van der Waals surface area contributed by atoms with Gasteiger partial charge in [0.1, 0.15) is 11.1 Å². The number of carbonyl (C=O) groups excluding carboxylic acids is 3. The van der Waals surface area contributed by atoms with Crippen LogP contribution >= 0.6 is 23.1 Å². The first-order valence-corrected chi connectivity index (χ1v) is 10.2. The number of hydrogen-bond acceptors (Lipinski definition) is 7. The fourth-order valence-electron chi connectivity index (χ4n) is 2.15. The number of anilines is 1. The maximum absolute atomic E-state index is 12.1. The third kappa shape index (κ3) is 5.94. The van der Waals surface area contributed by atoms with Crippen LogP contribution in [0.3, 0.4) is 0 Å². The van der Waals surface area contributed by atoms with Gasteiger partial charge in [0.05, 0.1) is 12.0 Å². The number of Topliss-reactive ketones (excluding diaryl/α,β-unsaturated/α-hetero) is 1. The van der Waals surface area contributed by atoms with Crippen molar-refractivity contribution in [3.05, 3.63) is 46.8 Å². The molecule has 0 saturated heterocycles. The number of benzene rings is 1. The number of hydrogen-bond donors (Lipinski definition) is 1. The molecule has 6 nitrogen and oxygen atoms in total. The highest BCUT2D eigenvalue weighted by Crippen LogP contribution is 2.22. The molecule has 0 aliphatic heterocycles. The molecule has 1 atom stereocenters. The number of carbonyl (C=O) groups is 3. The summed E-state index contributed by atoms with van der Waals surface area (Å²) in [7, 11) is 0. The monoisotopic (exact) mass is 402 g/mol. The first kappa shape index (κ1) is 20.7. The number of amides is 1. The molecule has 0 radical (unpaired) electrons. The SMILES string of the molecule is CSc1ccc(C(=O)CCC(=O)O[C@@H](C)C(=O)Nc2sccc2C#N)cc1. The number of rotatable bonds is 8. The summed E-state index contributed by atoms with van der Waals surface area (Å²) in [4.78, 5) is 37.2. The van der Waals surface area contributed by atoms with Gasteiger partial charge in [-0.15, -0.1) is 23.1 Å². The largest absolute Gasteiger partial charge is 0.453 e. The lowest BCUT2D eigenvalue weighted by Gasteiger charge is -2.13. The Hall–Kier alpha value is -2.63. The Balaban J connectivity index is 1.81. The van der Waals surface area contributed by atoms with Crippen LogP contribution in [0.1, 0.15) is 35.7 Å². The Bertz CT molecular complexity index is 869. The minimum absolute atomic E-state index is 0.00922. The van der Waals surface area contributed by atoms with E-state index in [9.17, 15) is 14.4 Å². The van der Waals surface area contributed by atoms with E-state index in [-0.39, 0.29) is 18.6 Å². The van der Waals surface area contributed by atoms with Crippen molar-refractivity contribution in [1.29, 1.82) is 5.26 Å². The van der Waals surface area contributed by atoms with Crippen molar-refractivity contribution in [2.24, 2.45) is 0 Å². The number of esters is 1. The lowest BCUT2D eigenvalue weighted by molar-refractivity contribution is -0.153. The van der Waals surface area contributed by atoms with Gasteiger partial charge in [-0.05, 0) is 36.8 Å². The maximum Gasteiger partial charge on any atom is 0.307 e. The Morgan fingerprint density at radius 3 is 2.56 bits per heavy atom. The number of thioether (sulfide) groups is 1. The summed E-state index contributed by atoms with van der Waals surface area (Å²) in [5.74, 6) is -1.31. The average molecular weight is 402 g/mol. The molecule has 8 heteroatoms. The second kappa shape index (κ2) is 9.90. The number of ether oxygens (including phenoxy) is 1. The standard InChI is InChI=1S/C19H18N2O4S2/c1-12(18(24)21-19-14(11-20)9-10-27-19)25-17(23)8-7-16(22)13-3-5-15(26-2)6-4-13/h3-6,9-10,12H,7-8H2,1-2H3,(H,21,24)/t12-/m0/s1. The lowest BCUT2D eigenvalue weighted by Crippen LogP contribution is -2.30. The smallest absolute Gasteiger partial charge is 0.307 e. The van der Waals surface area contributed by atoms with Crippen molar-refractivity contribution in [3.8, 4) is 6.07 Å². The molecule has 0 fully saturated rings. The van der Waals surface area contributed by atoms with Crippen LogP contribution in [0.25, 0.3) is 0 Å². The molecule has 0 unspecified atom stereocenters. The third-order valence-corrected chi connectivity index (χ3v) is 5.24. The molecule has 1 heterocycles. The summed E-state index contributed by atoms with van der Waals surface area (Å²) in [6.07, 6.45) is 0.824. The van der Waals surface area contributed by atoms with Gasteiger partial charge in [-0.1, -0.05) is 12.1 Å². The number of ketones is 1. The zero-order chi connectivity index (χ0) is 19.8. The summed E-state index contributed by atoms with van der Waals surface area (Å²) >= 11 is 2.79. The van der Waals surface area contributed by atoms with E-state index in [1.807, 2.05) is 24.5 Å². The lowest BCUT2D eigenvalue weighted by atomic mass is 10.1. The van der Waals surface area contributed by atoms with E-state index in [1.165, 1.54) is 18.3 Å². The number of nitrogens with zero attached hydrogens (tertiary/aromatic N) is 1. The Morgan fingerprint density at radius 1 is 1.22 bits per heavy atom. The molecular formula is C19H18N2O4S2. The fourth-order valence-corrected chi connectivity index (χ4v) is 3.30. The molecule has 27 heavy (non-hydrogen) atoms. The minimum atomic E-state index is -1.03. The van der Waals surface area contributed by atoms with Gasteiger partial charge in [0, 0.05) is 16.9 Å². The Labute approximate surface area is 165 Å². The van der Waals surface area contributed by atoms with Crippen LogP contribution in [0.15, 0.2) is 40.6 Å². The molecule has 0 saturated carbocycles. The summed E-state index contributed by atoms with van der Waals surface area (Å²) in [6.45, 7) is 1.44. The van der Waals surface area contributed by atoms with Gasteiger partial charge in [0.2, 0.25) is 0 Å². The zero-order valence-electron chi connectivity index (χ0n) is 14.9. The van der Waals surface area contributed by atoms with E-state index in [4.69, 9.17) is 10.00 Å². The van der Waals surface area contributed by atoms with Gasteiger partial charge < -0.3 is 10.1 Å². The molecule has 0 aliphatic carbocycles. The molecule has 0 bridgehead atoms. The predicted octanol–water partition coefficient (Wildman–Crippen LogP) is 3.87. The first-order chi connectivity index (χ1) is 12.9. The fraction of sp³-hybridized carbons (Fsp3) is 0.263. The van der Waals surface area contributed by atoms with Crippen molar-refractivity contribution in [3.63, 3.8) is 0 Å². The molecule has 1 amide bonds. The Kier molecular flexibility index (Phi) is 7.58. The van der Waals surface area contributed by atoms with Crippen LogP contribution < -0.4 is 5.32 Å². The molecule has 0 spiro atoms. The topological polar surface area (TPSA) is 96.3 Å². The van der Waals surface area contributed by atoms with Crippen LogP contribution in [-0.4, -0.2) is 30.0 Å². The van der Waals surface area contributed by atoms with Crippen LogP contribution in [0.5, 0.6) is 0 Å². The predicted molar refractivity (Wildman–Crippen MR) is 105 cm³/mol. The zero-order valence-corrected chi connectivity index (χ0v) is 16.5. The van der Waals surface area contributed by atoms with Gasteiger partial charge in [-0.2, -0.15) is 5.26 Å². The van der Waals surface area contributed by atoms with E-state index in [0.717, 1.165) is 4.90 Å². The van der Waals surface area contributed by atoms with Crippen molar-refractivity contribution in [2.45, 2.75) is 30.8 Å². The van der Waals surface area contributed by atoms with Crippen molar-refractivity contribution < 1.29 is 19.1 Å². The molecule has 1 aromatic heterocycles. The van der Waals surface area contributed by atoms with Crippen molar-refractivity contribution in [1.82, 2.24) is 0 Å². The Morgan fingerprint density at radius 2 is 1.93 bits per heavy atom. The van der Waals surface area contributed by atoms with Crippen LogP contribution in [0, 0.1) is 11.3 Å². The van der Waals surface area contributed by atoms with E-state index >= 15 is 0 Å². The molecule has 1 N–H and O–H groups in total. The maximum atomic E-state index is 12.1. The normalized spacial score (nSPS) is 11.3. The van der Waals surface area contributed by atoms with E-state index in [2.05, 4.69) is 5.32 Å². The summed E-state index contributed by atoms with van der Waals surface area (Å²) in [5.41, 5.74) is 0.887. The van der Waals surface area contributed by atoms with Crippen LogP contribution in [-0.2, 0) is 14.3 Å². The molecule has 1 aromatic carbocycles. The first-order valence-electron chi connectivity index (χ1n) is 8.09. The number of thiophene rings is 1. The molecule has 140 valence electrons. The number of nitrogens with one attached hydrogen (secondary N) is 1. The van der Waals surface area contributed by atoms with E-state index < -0.39 is 18.0 Å². The minimum Gasteiger partial charge on any atom is -0.453 e. The third-order valence-electron chi connectivity index (χ3n) is 3.67. The van der Waals surface area contributed by atoms with Crippen molar-refractivity contribution in [2.75, 3.05) is 11.6 Å². The highest BCUT2D eigenvalue weighted by molar-refractivity contribution is 7.98. The highest BCUT2D eigenvalue weighted by Gasteiger charge is 2.20. The van der Waals surface area contributed by atoms with Gasteiger partial charge >= 0.3 is 5.97 Å². The highest BCUT2D eigenvalue weighted by atomic mass is 32.2. The average Bonchev–Trinajstić information content (AvgIpc) is 3.13. The molecule has 2 aromatic rings. The second-order valence-electron chi connectivity index (χ2n) is 5.55. The van der Waals surface area contributed by atoms with Crippen LogP contribution in [0.4, 0.5) is 5.00 Å². The molecule has 2 rings (SSSR count). The summed E-state index contributed by atoms with van der Waals surface area (Å²) in [5, 5.41) is 13.6. The van der Waals surface area contributed by atoms with E-state index in [0.29, 0.717) is 16.1 Å². The summed E-state index contributed by atoms with van der Waals surface area (Å²) < 4.78 is 5.07. The van der Waals surface area contributed by atoms with Crippen molar-refractivity contribution >= 4 is 45.8 Å². The van der Waals surface area contributed by atoms with Gasteiger partial charge in [-0.25, -0.2) is 0 Å². The van der Waals surface area contributed by atoms with Gasteiger partial charge in [-0.3, -0.25) is 14.4 Å². The van der Waals surface area contributed by atoms with Crippen LogP contribution in [0.2, 0.25) is 0 Å².